The molecule has 0 atom stereocenters. The zero-order chi connectivity index (χ0) is 15.3. The minimum absolute atomic E-state index is 0.0398. The normalized spacial score (nSPS) is 19.1. The van der Waals surface area contributed by atoms with E-state index in [1.54, 1.807) is 0 Å². The molecule has 0 saturated carbocycles. The molecule has 1 heterocycles. The summed E-state index contributed by atoms with van der Waals surface area (Å²) < 4.78 is 37.8. The SMILES string of the molecule is C=C(/C=C1/CCCCN1)/C(=C/C(=C)C(F)(F)F)C(C)C. The van der Waals surface area contributed by atoms with Gasteiger partial charge in [0.2, 0.25) is 0 Å². The lowest BCUT2D eigenvalue weighted by molar-refractivity contribution is -0.0878. The summed E-state index contributed by atoms with van der Waals surface area (Å²) in [4.78, 5) is 0. The molecule has 0 amide bonds. The van der Waals surface area contributed by atoms with E-state index in [2.05, 4.69) is 18.5 Å². The number of piperidine rings is 1. The van der Waals surface area contributed by atoms with Gasteiger partial charge in [-0.3, -0.25) is 0 Å². The third kappa shape index (κ3) is 4.91. The van der Waals surface area contributed by atoms with E-state index >= 15 is 0 Å². The van der Waals surface area contributed by atoms with Crippen LogP contribution in [0.25, 0.3) is 0 Å². The second-order valence-corrected chi connectivity index (χ2v) is 5.36. The summed E-state index contributed by atoms with van der Waals surface area (Å²) in [5.74, 6) is -0.0398. The van der Waals surface area contributed by atoms with E-state index in [0.29, 0.717) is 11.1 Å². The number of hydrogen-bond donors (Lipinski definition) is 1. The molecule has 0 aromatic rings. The average Bonchev–Trinajstić information content (AvgIpc) is 2.35. The Bertz CT molecular complexity index is 431. The zero-order valence-electron chi connectivity index (χ0n) is 12.1. The first-order valence-corrected chi connectivity index (χ1v) is 6.83. The predicted octanol–water partition coefficient (Wildman–Crippen LogP) is 4.90. The Morgan fingerprint density at radius 2 is 1.90 bits per heavy atom. The molecule has 1 nitrogen and oxygen atoms in total. The second-order valence-electron chi connectivity index (χ2n) is 5.36. The Kier molecular flexibility index (Phi) is 5.66. The van der Waals surface area contributed by atoms with E-state index in [0.717, 1.165) is 37.6 Å². The highest BCUT2D eigenvalue weighted by molar-refractivity contribution is 5.44. The molecule has 1 rings (SSSR count). The molecule has 0 unspecified atom stereocenters. The Labute approximate surface area is 118 Å². The zero-order valence-corrected chi connectivity index (χ0v) is 12.1. The van der Waals surface area contributed by atoms with Crippen molar-refractivity contribution in [3.05, 3.63) is 47.7 Å². The Balaban J connectivity index is 2.93. The molecule has 0 spiro atoms. The van der Waals surface area contributed by atoms with E-state index < -0.39 is 11.7 Å². The summed E-state index contributed by atoms with van der Waals surface area (Å²) in [6.45, 7) is 11.6. The van der Waals surface area contributed by atoms with E-state index in [1.807, 2.05) is 19.9 Å². The van der Waals surface area contributed by atoms with Gasteiger partial charge in [0.25, 0.3) is 0 Å². The van der Waals surface area contributed by atoms with E-state index in [4.69, 9.17) is 0 Å². The van der Waals surface area contributed by atoms with Gasteiger partial charge < -0.3 is 5.32 Å². The number of nitrogens with one attached hydrogen (secondary N) is 1. The fraction of sp³-hybridized carbons (Fsp3) is 0.500. The molecule has 20 heavy (non-hydrogen) atoms. The van der Waals surface area contributed by atoms with Crippen LogP contribution < -0.4 is 5.32 Å². The highest BCUT2D eigenvalue weighted by Gasteiger charge is 2.30. The molecular weight excluding hydrogens is 263 g/mol. The van der Waals surface area contributed by atoms with Gasteiger partial charge in [0, 0.05) is 17.8 Å². The number of alkyl halides is 3. The van der Waals surface area contributed by atoms with Crippen LogP contribution in [-0.4, -0.2) is 12.7 Å². The van der Waals surface area contributed by atoms with Crippen molar-refractivity contribution in [2.75, 3.05) is 6.54 Å². The molecule has 0 radical (unpaired) electrons. The van der Waals surface area contributed by atoms with Gasteiger partial charge in [0.15, 0.2) is 0 Å². The van der Waals surface area contributed by atoms with Crippen LogP contribution >= 0.6 is 0 Å². The average molecular weight is 285 g/mol. The van der Waals surface area contributed by atoms with Crippen LogP contribution in [0.5, 0.6) is 0 Å². The summed E-state index contributed by atoms with van der Waals surface area (Å²) in [6.07, 6.45) is 1.71. The lowest BCUT2D eigenvalue weighted by Crippen LogP contribution is -2.20. The summed E-state index contributed by atoms with van der Waals surface area (Å²) in [7, 11) is 0. The van der Waals surface area contributed by atoms with Crippen molar-refractivity contribution in [2.24, 2.45) is 5.92 Å². The summed E-state index contributed by atoms with van der Waals surface area (Å²) in [5.41, 5.74) is 1.41. The molecule has 0 bridgehead atoms. The van der Waals surface area contributed by atoms with Crippen molar-refractivity contribution in [3.63, 3.8) is 0 Å². The number of allylic oxidation sites excluding steroid dienone is 6. The standard InChI is InChI=1S/C16H22F3N/c1-11(2)15(10-13(4)16(17,18)19)12(3)9-14-7-5-6-8-20-14/h9-11,20H,3-8H2,1-2H3/b14-9-,15-10+. The highest BCUT2D eigenvalue weighted by atomic mass is 19.4. The fourth-order valence-electron chi connectivity index (χ4n) is 2.09. The van der Waals surface area contributed by atoms with Gasteiger partial charge in [-0.05, 0) is 48.5 Å². The highest BCUT2D eigenvalue weighted by Crippen LogP contribution is 2.30. The smallest absolute Gasteiger partial charge is 0.388 e. The lowest BCUT2D eigenvalue weighted by Gasteiger charge is -2.19. The summed E-state index contributed by atoms with van der Waals surface area (Å²) in [6, 6.07) is 0. The number of rotatable bonds is 4. The molecule has 0 aromatic heterocycles. The number of hydrogen-bond acceptors (Lipinski definition) is 1. The third-order valence-corrected chi connectivity index (χ3v) is 3.26. The van der Waals surface area contributed by atoms with Gasteiger partial charge in [-0.1, -0.05) is 27.0 Å². The van der Waals surface area contributed by atoms with Gasteiger partial charge in [-0.2, -0.15) is 13.2 Å². The van der Waals surface area contributed by atoms with Gasteiger partial charge >= 0.3 is 6.18 Å². The van der Waals surface area contributed by atoms with Crippen molar-refractivity contribution in [1.82, 2.24) is 5.32 Å². The Hall–Kier alpha value is -1.45. The monoisotopic (exact) mass is 285 g/mol. The summed E-state index contributed by atoms with van der Waals surface area (Å²) >= 11 is 0. The van der Waals surface area contributed by atoms with Crippen LogP contribution in [0.3, 0.4) is 0 Å². The third-order valence-electron chi connectivity index (χ3n) is 3.26. The van der Waals surface area contributed by atoms with E-state index in [-0.39, 0.29) is 5.92 Å². The molecule has 112 valence electrons. The molecule has 4 heteroatoms. The lowest BCUT2D eigenvalue weighted by atomic mass is 9.92. The van der Waals surface area contributed by atoms with Crippen LogP contribution in [0.2, 0.25) is 0 Å². The first kappa shape index (κ1) is 16.6. The molecule has 1 aliphatic heterocycles. The Morgan fingerprint density at radius 3 is 2.35 bits per heavy atom. The fourth-order valence-corrected chi connectivity index (χ4v) is 2.09. The summed E-state index contributed by atoms with van der Waals surface area (Å²) in [5, 5.41) is 3.26. The molecule has 0 aromatic carbocycles. The van der Waals surface area contributed by atoms with Crippen LogP contribution in [-0.2, 0) is 0 Å². The number of halogens is 3. The van der Waals surface area contributed by atoms with Crippen LogP contribution in [0.15, 0.2) is 47.7 Å². The maximum absolute atomic E-state index is 12.6. The molecule has 1 saturated heterocycles. The second kappa shape index (κ2) is 6.82. The van der Waals surface area contributed by atoms with Crippen LogP contribution in [0, 0.1) is 5.92 Å². The molecule has 1 fully saturated rings. The van der Waals surface area contributed by atoms with Crippen molar-refractivity contribution in [1.29, 1.82) is 0 Å². The Morgan fingerprint density at radius 1 is 1.25 bits per heavy atom. The maximum atomic E-state index is 12.6. The van der Waals surface area contributed by atoms with Crippen molar-refractivity contribution in [3.8, 4) is 0 Å². The van der Waals surface area contributed by atoms with Gasteiger partial charge in [0.1, 0.15) is 0 Å². The van der Waals surface area contributed by atoms with E-state index in [9.17, 15) is 13.2 Å². The van der Waals surface area contributed by atoms with Crippen molar-refractivity contribution < 1.29 is 13.2 Å². The van der Waals surface area contributed by atoms with Crippen molar-refractivity contribution >= 4 is 0 Å². The van der Waals surface area contributed by atoms with Gasteiger partial charge in [0.05, 0.1) is 0 Å². The van der Waals surface area contributed by atoms with E-state index in [1.165, 1.54) is 0 Å². The quantitative estimate of drug-likeness (QED) is 0.724. The molecule has 1 N–H and O–H groups in total. The van der Waals surface area contributed by atoms with Crippen molar-refractivity contribution in [2.45, 2.75) is 39.3 Å². The predicted molar refractivity (Wildman–Crippen MR) is 77.2 cm³/mol. The maximum Gasteiger partial charge on any atom is 0.415 e. The minimum Gasteiger partial charge on any atom is -0.388 e. The topological polar surface area (TPSA) is 12.0 Å². The van der Waals surface area contributed by atoms with Crippen LogP contribution in [0.1, 0.15) is 33.1 Å². The molecule has 1 aliphatic rings. The molecular formula is C16H22F3N. The van der Waals surface area contributed by atoms with Gasteiger partial charge in [-0.15, -0.1) is 0 Å². The molecule has 0 aliphatic carbocycles. The van der Waals surface area contributed by atoms with Crippen LogP contribution in [0.4, 0.5) is 13.2 Å². The minimum atomic E-state index is -4.39. The van der Waals surface area contributed by atoms with Gasteiger partial charge in [-0.25, -0.2) is 0 Å². The first-order chi connectivity index (χ1) is 9.21. The first-order valence-electron chi connectivity index (χ1n) is 6.83. The largest absolute Gasteiger partial charge is 0.415 e.